The quantitative estimate of drug-likeness (QED) is 0.524. The van der Waals surface area contributed by atoms with Gasteiger partial charge in [-0.1, -0.05) is 35.5 Å². The van der Waals surface area contributed by atoms with Gasteiger partial charge in [0.05, 0.1) is 18.8 Å². The number of likely N-dealkylation sites (N-methyl/N-ethyl adjacent to an activating group) is 1. The van der Waals surface area contributed by atoms with Gasteiger partial charge in [-0.15, -0.1) is 21.5 Å². The summed E-state index contributed by atoms with van der Waals surface area (Å²) >= 11 is 2.75. The zero-order valence-electron chi connectivity index (χ0n) is 16.3. The molecule has 7 nitrogen and oxygen atoms in total. The molecular weight excluding hydrogens is 408 g/mol. The number of rotatable bonds is 9. The van der Waals surface area contributed by atoms with E-state index in [-0.39, 0.29) is 24.1 Å². The first-order valence-corrected chi connectivity index (χ1v) is 11.0. The molecule has 29 heavy (non-hydrogen) atoms. The van der Waals surface area contributed by atoms with Gasteiger partial charge in [0.1, 0.15) is 0 Å². The van der Waals surface area contributed by atoms with Gasteiger partial charge in [-0.3, -0.25) is 9.59 Å². The molecule has 2 heterocycles. The van der Waals surface area contributed by atoms with Crippen LogP contribution in [0.2, 0.25) is 0 Å². The number of thioether (sulfide) groups is 1. The smallest absolute Gasteiger partial charge is 0.277 e. The average Bonchev–Trinajstić information content (AvgIpc) is 3.41. The van der Waals surface area contributed by atoms with E-state index in [1.165, 1.54) is 16.7 Å². The number of aromatic nitrogens is 2. The Morgan fingerprint density at radius 2 is 2.00 bits per heavy atom. The van der Waals surface area contributed by atoms with Crippen molar-refractivity contribution in [2.75, 3.05) is 18.8 Å². The first-order chi connectivity index (χ1) is 14.0. The highest BCUT2D eigenvalue weighted by Gasteiger charge is 2.18. The Balaban J connectivity index is 1.48. The summed E-state index contributed by atoms with van der Waals surface area (Å²) in [6.45, 7) is 4.80. The largest absolute Gasteiger partial charge is 0.411 e. The second-order valence-electron chi connectivity index (χ2n) is 6.29. The number of hydrogen-bond donors (Lipinski definition) is 1. The van der Waals surface area contributed by atoms with E-state index in [0.29, 0.717) is 24.2 Å². The van der Waals surface area contributed by atoms with Crippen molar-refractivity contribution < 1.29 is 14.0 Å². The summed E-state index contributed by atoms with van der Waals surface area (Å²) in [7, 11) is 0. The number of carbonyl (C=O) groups excluding carboxylic acids is 2. The highest BCUT2D eigenvalue weighted by molar-refractivity contribution is 7.99. The van der Waals surface area contributed by atoms with E-state index in [0.717, 1.165) is 16.0 Å². The van der Waals surface area contributed by atoms with Gasteiger partial charge in [0.25, 0.3) is 5.22 Å². The van der Waals surface area contributed by atoms with Crippen LogP contribution in [0.15, 0.2) is 51.4 Å². The molecule has 0 bridgehead atoms. The van der Waals surface area contributed by atoms with Crippen LogP contribution in [0.3, 0.4) is 0 Å². The predicted octanol–water partition coefficient (Wildman–Crippen LogP) is 3.36. The summed E-state index contributed by atoms with van der Waals surface area (Å²) in [5.41, 5.74) is 1.98. The van der Waals surface area contributed by atoms with Crippen LogP contribution in [0, 0.1) is 6.92 Å². The topological polar surface area (TPSA) is 88.3 Å². The summed E-state index contributed by atoms with van der Waals surface area (Å²) in [6.07, 6.45) is 0. The zero-order chi connectivity index (χ0) is 20.6. The van der Waals surface area contributed by atoms with Crippen molar-refractivity contribution in [3.63, 3.8) is 0 Å². The monoisotopic (exact) mass is 430 g/mol. The Kier molecular flexibility index (Phi) is 7.42. The second-order valence-corrected chi connectivity index (χ2v) is 8.25. The SMILES string of the molecule is CCN(CC(=O)NCc1cccs1)C(=O)CSc1nnc(-c2ccc(C)cc2)o1. The van der Waals surface area contributed by atoms with Crippen LogP contribution >= 0.6 is 23.1 Å². The van der Waals surface area contributed by atoms with Crippen molar-refractivity contribution in [1.82, 2.24) is 20.4 Å². The van der Waals surface area contributed by atoms with Gasteiger partial charge in [-0.05, 0) is 37.4 Å². The lowest BCUT2D eigenvalue weighted by Crippen LogP contribution is -2.41. The molecule has 3 rings (SSSR count). The molecule has 2 aromatic heterocycles. The Labute approximate surface area is 177 Å². The van der Waals surface area contributed by atoms with Gasteiger partial charge >= 0.3 is 0 Å². The van der Waals surface area contributed by atoms with Gasteiger partial charge in [-0.25, -0.2) is 0 Å². The van der Waals surface area contributed by atoms with Crippen molar-refractivity contribution in [1.29, 1.82) is 0 Å². The molecule has 152 valence electrons. The molecule has 1 aromatic carbocycles. The van der Waals surface area contributed by atoms with Crippen LogP contribution < -0.4 is 5.32 Å². The van der Waals surface area contributed by atoms with E-state index in [2.05, 4.69) is 15.5 Å². The summed E-state index contributed by atoms with van der Waals surface area (Å²) in [5, 5.41) is 13.1. The maximum absolute atomic E-state index is 12.5. The minimum atomic E-state index is -0.182. The molecular formula is C20H22N4O3S2. The maximum atomic E-state index is 12.5. The number of thiophene rings is 1. The second kappa shape index (κ2) is 10.2. The lowest BCUT2D eigenvalue weighted by Gasteiger charge is -2.19. The van der Waals surface area contributed by atoms with Crippen molar-refractivity contribution in [3.05, 3.63) is 52.2 Å². The molecule has 9 heteroatoms. The molecule has 0 fully saturated rings. The van der Waals surface area contributed by atoms with Gasteiger partial charge in [0.15, 0.2) is 0 Å². The first kappa shape index (κ1) is 21.1. The average molecular weight is 431 g/mol. The first-order valence-electron chi connectivity index (χ1n) is 9.15. The summed E-state index contributed by atoms with van der Waals surface area (Å²) in [6, 6.07) is 11.7. The molecule has 0 atom stereocenters. The highest BCUT2D eigenvalue weighted by Crippen LogP contribution is 2.23. The molecule has 3 aromatic rings. The van der Waals surface area contributed by atoms with E-state index in [1.54, 1.807) is 11.3 Å². The summed E-state index contributed by atoms with van der Waals surface area (Å²) in [4.78, 5) is 27.2. The fourth-order valence-corrected chi connectivity index (χ4v) is 3.81. The normalized spacial score (nSPS) is 10.7. The van der Waals surface area contributed by atoms with Crippen LogP contribution in [0.4, 0.5) is 0 Å². The van der Waals surface area contributed by atoms with Gasteiger partial charge in [-0.2, -0.15) is 0 Å². The number of benzene rings is 1. The number of aryl methyl sites for hydroxylation is 1. The van der Waals surface area contributed by atoms with Crippen LogP contribution in [0.25, 0.3) is 11.5 Å². The molecule has 0 aliphatic rings. The van der Waals surface area contributed by atoms with E-state index < -0.39 is 0 Å². The fourth-order valence-electron chi connectivity index (χ4n) is 2.50. The molecule has 1 N–H and O–H groups in total. The third-order valence-electron chi connectivity index (χ3n) is 4.13. The van der Waals surface area contributed by atoms with E-state index in [9.17, 15) is 9.59 Å². The van der Waals surface area contributed by atoms with E-state index in [1.807, 2.05) is 55.6 Å². The Hall–Kier alpha value is -2.65. The third-order valence-corrected chi connectivity index (χ3v) is 5.81. The Morgan fingerprint density at radius 1 is 1.21 bits per heavy atom. The van der Waals surface area contributed by atoms with E-state index >= 15 is 0 Å². The minimum absolute atomic E-state index is 0.0275. The van der Waals surface area contributed by atoms with Crippen LogP contribution in [0.5, 0.6) is 0 Å². The lowest BCUT2D eigenvalue weighted by molar-refractivity contribution is -0.133. The number of nitrogens with one attached hydrogen (secondary N) is 1. The summed E-state index contributed by atoms with van der Waals surface area (Å²) < 4.78 is 5.63. The number of carbonyl (C=O) groups is 2. The van der Waals surface area contributed by atoms with Crippen LogP contribution in [-0.4, -0.2) is 45.8 Å². The van der Waals surface area contributed by atoms with Crippen molar-refractivity contribution >= 4 is 34.9 Å². The number of amides is 2. The predicted molar refractivity (Wildman–Crippen MR) is 114 cm³/mol. The molecule has 0 aliphatic carbocycles. The van der Waals surface area contributed by atoms with Crippen molar-refractivity contribution in [2.24, 2.45) is 0 Å². The fraction of sp³-hybridized carbons (Fsp3) is 0.300. The maximum Gasteiger partial charge on any atom is 0.277 e. The highest BCUT2D eigenvalue weighted by atomic mass is 32.2. The molecule has 0 spiro atoms. The van der Waals surface area contributed by atoms with E-state index in [4.69, 9.17) is 4.42 Å². The summed E-state index contributed by atoms with van der Waals surface area (Å²) in [5.74, 6) is 0.207. The van der Waals surface area contributed by atoms with Gasteiger partial charge in [0.2, 0.25) is 17.7 Å². The Morgan fingerprint density at radius 3 is 2.69 bits per heavy atom. The molecule has 2 amide bonds. The molecule has 0 unspecified atom stereocenters. The van der Waals surface area contributed by atoms with Crippen molar-refractivity contribution in [2.45, 2.75) is 25.6 Å². The number of nitrogens with zero attached hydrogens (tertiary/aromatic N) is 3. The van der Waals surface area contributed by atoms with Crippen molar-refractivity contribution in [3.8, 4) is 11.5 Å². The zero-order valence-corrected chi connectivity index (χ0v) is 17.9. The molecule has 0 saturated heterocycles. The van der Waals surface area contributed by atoms with Crippen LogP contribution in [-0.2, 0) is 16.1 Å². The van der Waals surface area contributed by atoms with Gasteiger partial charge < -0.3 is 14.6 Å². The molecule has 0 aliphatic heterocycles. The number of hydrogen-bond acceptors (Lipinski definition) is 7. The molecule has 0 radical (unpaired) electrons. The lowest BCUT2D eigenvalue weighted by atomic mass is 10.1. The molecule has 0 saturated carbocycles. The van der Waals surface area contributed by atoms with Crippen LogP contribution in [0.1, 0.15) is 17.4 Å². The third kappa shape index (κ3) is 6.16. The van der Waals surface area contributed by atoms with Gasteiger partial charge in [0, 0.05) is 17.0 Å². The standard InChI is InChI=1S/C20H22N4O3S2/c1-3-24(12-17(25)21-11-16-5-4-10-28-16)18(26)13-29-20-23-22-19(27-20)15-8-6-14(2)7-9-15/h4-10H,3,11-13H2,1-2H3,(H,21,25). The minimum Gasteiger partial charge on any atom is -0.411 e. The Bertz CT molecular complexity index is 939.